The largest absolute Gasteiger partial charge is 0.497 e. The predicted molar refractivity (Wildman–Crippen MR) is 140 cm³/mol. The fourth-order valence-corrected chi connectivity index (χ4v) is 4.57. The minimum atomic E-state index is -0.544. The molecule has 0 aromatic heterocycles. The number of rotatable bonds is 6. The van der Waals surface area contributed by atoms with Gasteiger partial charge >= 0.3 is 0 Å². The number of allylic oxidation sites excluding steroid dienone is 1. The van der Waals surface area contributed by atoms with Crippen LogP contribution in [0.2, 0.25) is 5.02 Å². The first-order valence-corrected chi connectivity index (χ1v) is 11.4. The normalized spacial score (nSPS) is 15.6. The molecule has 174 valence electrons. The Morgan fingerprint density at radius 1 is 1.03 bits per heavy atom. The highest BCUT2D eigenvalue weighted by Gasteiger charge is 2.35. The molecule has 6 nitrogen and oxygen atoms in total. The summed E-state index contributed by atoms with van der Waals surface area (Å²) in [6, 6.07) is 21.7. The molecule has 1 heterocycles. The van der Waals surface area contributed by atoms with Gasteiger partial charge in [0.05, 0.1) is 31.5 Å². The van der Waals surface area contributed by atoms with Crippen molar-refractivity contribution in [2.45, 2.75) is 13.0 Å². The number of nitrogens with one attached hydrogen (secondary N) is 2. The molecule has 3 aromatic rings. The molecule has 0 radical (unpaired) electrons. The van der Waals surface area contributed by atoms with Crippen molar-refractivity contribution in [3.63, 3.8) is 0 Å². The van der Waals surface area contributed by atoms with Gasteiger partial charge in [0.25, 0.3) is 5.91 Å². The molecule has 0 saturated heterocycles. The number of anilines is 2. The van der Waals surface area contributed by atoms with Crippen LogP contribution in [0.15, 0.2) is 84.1 Å². The minimum absolute atomic E-state index is 0.315. The molecule has 34 heavy (non-hydrogen) atoms. The third-order valence-corrected chi connectivity index (χ3v) is 6.26. The third kappa shape index (κ3) is 4.58. The van der Waals surface area contributed by atoms with Crippen LogP contribution < -0.4 is 25.0 Å². The van der Waals surface area contributed by atoms with Crippen LogP contribution in [0, 0.1) is 0 Å². The van der Waals surface area contributed by atoms with Crippen LogP contribution in [0.3, 0.4) is 0 Å². The van der Waals surface area contributed by atoms with E-state index in [4.69, 9.17) is 33.3 Å². The first-order valence-electron chi connectivity index (χ1n) is 10.6. The molecule has 0 bridgehead atoms. The van der Waals surface area contributed by atoms with Crippen molar-refractivity contribution >= 4 is 46.2 Å². The van der Waals surface area contributed by atoms with E-state index in [1.807, 2.05) is 60.4 Å². The second kappa shape index (κ2) is 10.2. The second-order valence-corrected chi connectivity index (χ2v) is 8.39. The van der Waals surface area contributed by atoms with Gasteiger partial charge in [0.15, 0.2) is 5.11 Å². The molecule has 0 spiro atoms. The SMILES string of the molecule is COc1ccc(OC)c(NC(=O)C2=C(C)N(c3ccccc3)C(=S)NC2c2ccccc2Cl)c1. The van der Waals surface area contributed by atoms with Crippen LogP contribution in [0.5, 0.6) is 11.5 Å². The zero-order valence-electron chi connectivity index (χ0n) is 19.0. The number of hydrogen-bond acceptors (Lipinski definition) is 4. The first-order chi connectivity index (χ1) is 16.4. The Morgan fingerprint density at radius 2 is 1.74 bits per heavy atom. The summed E-state index contributed by atoms with van der Waals surface area (Å²) < 4.78 is 10.8. The van der Waals surface area contributed by atoms with E-state index in [2.05, 4.69) is 10.6 Å². The van der Waals surface area contributed by atoms with Gasteiger partial charge in [-0.05, 0) is 55.0 Å². The van der Waals surface area contributed by atoms with Gasteiger partial charge in [-0.2, -0.15) is 0 Å². The molecule has 1 aliphatic heterocycles. The quantitative estimate of drug-likeness (QED) is 0.429. The number of benzene rings is 3. The topological polar surface area (TPSA) is 62.8 Å². The fourth-order valence-electron chi connectivity index (χ4n) is 3.97. The number of hydrogen-bond donors (Lipinski definition) is 2. The van der Waals surface area contributed by atoms with Crippen LogP contribution in [-0.4, -0.2) is 25.2 Å². The Kier molecular flexibility index (Phi) is 7.05. The van der Waals surface area contributed by atoms with Gasteiger partial charge < -0.3 is 20.1 Å². The monoisotopic (exact) mass is 493 g/mol. The van der Waals surface area contributed by atoms with Crippen LogP contribution in [-0.2, 0) is 4.79 Å². The molecular weight excluding hydrogens is 470 g/mol. The molecule has 0 aliphatic carbocycles. The van der Waals surface area contributed by atoms with E-state index in [9.17, 15) is 4.79 Å². The highest BCUT2D eigenvalue weighted by molar-refractivity contribution is 7.80. The Labute approximate surface area is 209 Å². The van der Waals surface area contributed by atoms with Gasteiger partial charge in [-0.1, -0.05) is 48.0 Å². The molecule has 2 N–H and O–H groups in total. The van der Waals surface area contributed by atoms with Crippen molar-refractivity contribution in [3.05, 3.63) is 94.7 Å². The number of halogens is 1. The van der Waals surface area contributed by atoms with E-state index >= 15 is 0 Å². The summed E-state index contributed by atoms with van der Waals surface area (Å²) in [4.78, 5) is 15.7. The van der Waals surface area contributed by atoms with Gasteiger partial charge in [-0.25, -0.2) is 0 Å². The first kappa shape index (κ1) is 23.6. The highest BCUT2D eigenvalue weighted by atomic mass is 35.5. The average molecular weight is 494 g/mol. The predicted octanol–water partition coefficient (Wildman–Crippen LogP) is 5.71. The van der Waals surface area contributed by atoms with Crippen LogP contribution in [0.4, 0.5) is 11.4 Å². The summed E-state index contributed by atoms with van der Waals surface area (Å²) in [5.41, 5.74) is 3.26. The maximum atomic E-state index is 13.8. The van der Waals surface area contributed by atoms with Crippen molar-refractivity contribution in [3.8, 4) is 11.5 Å². The van der Waals surface area contributed by atoms with Crippen molar-refractivity contribution < 1.29 is 14.3 Å². The van der Waals surface area contributed by atoms with E-state index in [-0.39, 0.29) is 5.91 Å². The lowest BCUT2D eigenvalue weighted by atomic mass is 9.94. The summed E-state index contributed by atoms with van der Waals surface area (Å²) in [6.07, 6.45) is 0. The molecule has 0 fully saturated rings. The van der Waals surface area contributed by atoms with Gasteiger partial charge in [0, 0.05) is 22.5 Å². The third-order valence-electron chi connectivity index (χ3n) is 5.61. The Balaban J connectivity index is 1.83. The number of methoxy groups -OCH3 is 2. The van der Waals surface area contributed by atoms with Gasteiger partial charge in [-0.3, -0.25) is 9.69 Å². The van der Waals surface area contributed by atoms with E-state index < -0.39 is 6.04 Å². The maximum absolute atomic E-state index is 13.8. The molecule has 1 atom stereocenters. The average Bonchev–Trinajstić information content (AvgIpc) is 2.84. The molecule has 8 heteroatoms. The number of amides is 1. The van der Waals surface area contributed by atoms with Crippen LogP contribution >= 0.6 is 23.8 Å². The van der Waals surface area contributed by atoms with Crippen molar-refractivity contribution in [2.24, 2.45) is 0 Å². The number of carbonyl (C=O) groups is 1. The smallest absolute Gasteiger partial charge is 0.255 e. The molecule has 1 aliphatic rings. The number of carbonyl (C=O) groups excluding carboxylic acids is 1. The Hall–Kier alpha value is -3.55. The molecule has 4 rings (SSSR count). The summed E-state index contributed by atoms with van der Waals surface area (Å²) >= 11 is 12.3. The summed E-state index contributed by atoms with van der Waals surface area (Å²) in [5.74, 6) is 0.795. The van der Waals surface area contributed by atoms with Gasteiger partial charge in [0.1, 0.15) is 11.5 Å². The standard InChI is InChI=1S/C26H24ClN3O3S/c1-16-23(25(31)28-21-15-18(32-2)13-14-22(21)33-3)24(19-11-7-8-12-20(19)27)29-26(34)30(16)17-9-5-4-6-10-17/h4-15,24H,1-3H3,(H,28,31)(H,29,34). The molecule has 1 unspecified atom stereocenters. The zero-order valence-corrected chi connectivity index (χ0v) is 20.5. The second-order valence-electron chi connectivity index (χ2n) is 7.59. The molecule has 0 saturated carbocycles. The number of thiocarbonyl (C=S) groups is 1. The van der Waals surface area contributed by atoms with Crippen molar-refractivity contribution in [1.82, 2.24) is 5.32 Å². The maximum Gasteiger partial charge on any atom is 0.255 e. The number of para-hydroxylation sites is 1. The van der Waals surface area contributed by atoms with E-state index in [1.54, 1.807) is 38.5 Å². The zero-order chi connectivity index (χ0) is 24.2. The summed E-state index contributed by atoms with van der Waals surface area (Å²) in [5, 5.41) is 7.32. The van der Waals surface area contributed by atoms with Crippen LogP contribution in [0.25, 0.3) is 0 Å². The Bertz CT molecular complexity index is 1260. The minimum Gasteiger partial charge on any atom is -0.497 e. The number of nitrogens with zero attached hydrogens (tertiary/aromatic N) is 1. The highest BCUT2D eigenvalue weighted by Crippen LogP contribution is 2.37. The van der Waals surface area contributed by atoms with Gasteiger partial charge in [0.2, 0.25) is 0 Å². The lowest BCUT2D eigenvalue weighted by molar-refractivity contribution is -0.113. The van der Waals surface area contributed by atoms with E-state index in [0.29, 0.717) is 38.6 Å². The van der Waals surface area contributed by atoms with Crippen molar-refractivity contribution in [2.75, 3.05) is 24.4 Å². The number of ether oxygens (including phenoxy) is 2. The summed E-state index contributed by atoms with van der Waals surface area (Å²) in [6.45, 7) is 1.88. The molecular formula is C26H24ClN3O3S. The lowest BCUT2D eigenvalue weighted by Gasteiger charge is -2.38. The molecule has 3 aromatic carbocycles. The lowest BCUT2D eigenvalue weighted by Crippen LogP contribution is -2.48. The summed E-state index contributed by atoms with van der Waals surface area (Å²) in [7, 11) is 3.11. The van der Waals surface area contributed by atoms with E-state index in [0.717, 1.165) is 11.3 Å². The van der Waals surface area contributed by atoms with Crippen molar-refractivity contribution in [1.29, 1.82) is 0 Å². The fraction of sp³-hybridized carbons (Fsp3) is 0.154. The molecule has 1 amide bonds. The van der Waals surface area contributed by atoms with Gasteiger partial charge in [-0.15, -0.1) is 0 Å². The van der Waals surface area contributed by atoms with E-state index in [1.165, 1.54) is 0 Å². The Morgan fingerprint density at radius 3 is 2.41 bits per heavy atom. The van der Waals surface area contributed by atoms with Crippen LogP contribution in [0.1, 0.15) is 18.5 Å².